The Balaban J connectivity index is 0.00000289. The van der Waals surface area contributed by atoms with Crippen LogP contribution < -0.4 is 29.6 Å². The molecule has 4 aromatic carbocycles. The largest absolute Gasteiger partial charge is 1.00 e. The molecule has 0 saturated heterocycles. The molecule has 0 unspecified atom stereocenters. The number of hydrogen-bond acceptors (Lipinski definition) is 7. The summed E-state index contributed by atoms with van der Waals surface area (Å²) in [5.74, 6) is -0.342. The van der Waals surface area contributed by atoms with Gasteiger partial charge in [0, 0.05) is 21.5 Å². The van der Waals surface area contributed by atoms with Crippen LogP contribution in [0.5, 0.6) is 5.75 Å². The van der Waals surface area contributed by atoms with Crippen molar-refractivity contribution in [2.75, 3.05) is 0 Å². The summed E-state index contributed by atoms with van der Waals surface area (Å²) in [7, 11) is -9.09. The Morgan fingerprint density at radius 3 is 1.62 bits per heavy atom. The van der Waals surface area contributed by atoms with Crippen LogP contribution in [0.4, 0.5) is 11.4 Å². The predicted molar refractivity (Wildman–Crippen MR) is 113 cm³/mol. The van der Waals surface area contributed by atoms with Crippen molar-refractivity contribution < 1.29 is 60.6 Å². The predicted octanol–water partition coefficient (Wildman–Crippen LogP) is 1.61. The fraction of sp³-hybridized carbons (Fsp3) is 0. The first kappa shape index (κ1) is 24.3. The van der Waals surface area contributed by atoms with Crippen LogP contribution in [0.25, 0.3) is 21.5 Å². The van der Waals surface area contributed by atoms with Gasteiger partial charge in [0.2, 0.25) is 0 Å². The molecule has 0 amide bonds. The molecule has 0 radical (unpaired) electrons. The van der Waals surface area contributed by atoms with Crippen LogP contribution in [-0.4, -0.2) is 31.0 Å². The second-order valence-corrected chi connectivity index (χ2v) is 9.35. The zero-order chi connectivity index (χ0) is 22.4. The summed E-state index contributed by atoms with van der Waals surface area (Å²) >= 11 is 0. The SMILES string of the molecule is O=S(=O)(O)c1ccc(N=Nc2cc(S(=O)(=O)O)c3ccccc3c2O)c2ccccc12.[Na+]. The van der Waals surface area contributed by atoms with Crippen LogP contribution in [0.1, 0.15) is 0 Å². The van der Waals surface area contributed by atoms with Crippen molar-refractivity contribution in [2.45, 2.75) is 9.79 Å². The third-order valence-electron chi connectivity index (χ3n) is 4.64. The van der Waals surface area contributed by atoms with Crippen molar-refractivity contribution in [1.82, 2.24) is 0 Å². The van der Waals surface area contributed by atoms with Gasteiger partial charge in [0.05, 0.1) is 5.69 Å². The molecule has 0 bridgehead atoms. The molecule has 0 aliphatic rings. The van der Waals surface area contributed by atoms with Crippen LogP contribution in [0, 0.1) is 0 Å². The number of rotatable bonds is 4. The second-order valence-electron chi connectivity index (χ2n) is 6.57. The van der Waals surface area contributed by atoms with Crippen molar-refractivity contribution >= 4 is 53.2 Å². The maximum absolute atomic E-state index is 11.8. The molecular weight excluding hydrogens is 467 g/mol. The second kappa shape index (κ2) is 8.87. The summed E-state index contributed by atoms with van der Waals surface area (Å²) in [6.45, 7) is 0. The van der Waals surface area contributed by atoms with Crippen molar-refractivity contribution in [3.05, 3.63) is 66.7 Å². The third-order valence-corrected chi connectivity index (χ3v) is 6.45. The van der Waals surface area contributed by atoms with E-state index < -0.39 is 25.1 Å². The van der Waals surface area contributed by atoms with Gasteiger partial charge in [-0.1, -0.05) is 48.5 Å². The maximum atomic E-state index is 11.8. The van der Waals surface area contributed by atoms with E-state index in [-0.39, 0.29) is 67.7 Å². The van der Waals surface area contributed by atoms with Crippen molar-refractivity contribution in [1.29, 1.82) is 0 Å². The van der Waals surface area contributed by atoms with Gasteiger partial charge in [-0.3, -0.25) is 9.11 Å². The quantitative estimate of drug-likeness (QED) is 0.227. The molecule has 4 aromatic rings. The monoisotopic (exact) mass is 481 g/mol. The number of phenols is 1. The molecular formula is C20H14N2NaO7S2+. The van der Waals surface area contributed by atoms with E-state index in [9.17, 15) is 31.0 Å². The van der Waals surface area contributed by atoms with Gasteiger partial charge in [-0.15, -0.1) is 10.2 Å². The third kappa shape index (κ3) is 4.55. The fourth-order valence-corrected chi connectivity index (χ4v) is 4.69. The van der Waals surface area contributed by atoms with Gasteiger partial charge in [0.15, 0.2) is 5.75 Å². The van der Waals surface area contributed by atoms with E-state index in [0.29, 0.717) is 5.39 Å². The topological polar surface area (TPSA) is 154 Å². The molecule has 0 fully saturated rings. The maximum Gasteiger partial charge on any atom is 1.00 e. The van der Waals surface area contributed by atoms with Crippen LogP contribution in [-0.2, 0) is 20.2 Å². The van der Waals surface area contributed by atoms with E-state index >= 15 is 0 Å². The zero-order valence-electron chi connectivity index (χ0n) is 16.5. The molecule has 3 N–H and O–H groups in total. The Morgan fingerprint density at radius 2 is 1.06 bits per heavy atom. The standard InChI is InChI=1S/C20H14N2O7S2.Na/c23-20-15-8-4-3-7-14(15)19(31(27,28)29)11-17(20)22-21-16-9-10-18(30(24,25)26)13-6-2-1-5-12(13)16;/h1-11,23H,(H,24,25,26)(H,27,28,29);/q;+1. The summed E-state index contributed by atoms with van der Waals surface area (Å²) in [5, 5.41) is 19.3. The summed E-state index contributed by atoms with van der Waals surface area (Å²) < 4.78 is 65.9. The van der Waals surface area contributed by atoms with Crippen LogP contribution >= 0.6 is 0 Å². The molecule has 0 aliphatic carbocycles. The minimum atomic E-state index is -4.62. The summed E-state index contributed by atoms with van der Waals surface area (Å²) in [6.07, 6.45) is 0. The van der Waals surface area contributed by atoms with E-state index in [0.717, 1.165) is 12.1 Å². The average molecular weight is 481 g/mol. The fourth-order valence-electron chi connectivity index (χ4n) is 3.28. The first-order valence-corrected chi connectivity index (χ1v) is 11.6. The Bertz CT molecular complexity index is 1600. The molecule has 0 spiro atoms. The van der Waals surface area contributed by atoms with E-state index in [1.165, 1.54) is 24.3 Å². The van der Waals surface area contributed by atoms with Gasteiger partial charge in [-0.25, -0.2) is 0 Å². The first-order valence-electron chi connectivity index (χ1n) is 8.70. The number of benzene rings is 4. The zero-order valence-corrected chi connectivity index (χ0v) is 20.2. The Labute approximate surface area is 205 Å². The van der Waals surface area contributed by atoms with E-state index in [1.54, 1.807) is 30.3 Å². The summed E-state index contributed by atoms with van der Waals surface area (Å²) in [5.41, 5.74) is -0.00164. The molecule has 0 heterocycles. The molecule has 9 nitrogen and oxygen atoms in total. The molecule has 158 valence electrons. The van der Waals surface area contributed by atoms with E-state index in [1.807, 2.05) is 0 Å². The number of phenolic OH excluding ortho intramolecular Hbond substituents is 1. The first-order chi connectivity index (χ1) is 14.6. The van der Waals surface area contributed by atoms with Gasteiger partial charge in [0.25, 0.3) is 20.2 Å². The molecule has 12 heteroatoms. The smallest absolute Gasteiger partial charge is 0.505 e. The van der Waals surface area contributed by atoms with Gasteiger partial charge >= 0.3 is 29.6 Å². The Hall–Kier alpha value is -2.38. The van der Waals surface area contributed by atoms with Crippen LogP contribution in [0.15, 0.2) is 86.7 Å². The Morgan fingerprint density at radius 1 is 0.594 bits per heavy atom. The number of nitrogens with zero attached hydrogens (tertiary/aromatic N) is 2. The normalized spacial score (nSPS) is 12.3. The van der Waals surface area contributed by atoms with Gasteiger partial charge in [-0.2, -0.15) is 16.8 Å². The molecule has 0 saturated carbocycles. The number of fused-ring (bicyclic) bond motifs is 2. The van der Waals surface area contributed by atoms with Crippen molar-refractivity contribution in [2.24, 2.45) is 10.2 Å². The van der Waals surface area contributed by atoms with Crippen LogP contribution in [0.2, 0.25) is 0 Å². The number of hydrogen-bond donors (Lipinski definition) is 3. The minimum absolute atomic E-state index is 0. The minimum Gasteiger partial charge on any atom is -0.505 e. The van der Waals surface area contributed by atoms with Gasteiger partial charge < -0.3 is 5.11 Å². The summed E-state index contributed by atoms with van der Waals surface area (Å²) in [6, 6.07) is 15.8. The molecule has 0 aliphatic heterocycles. The molecule has 0 aromatic heterocycles. The molecule has 32 heavy (non-hydrogen) atoms. The van der Waals surface area contributed by atoms with Crippen molar-refractivity contribution in [3.8, 4) is 5.75 Å². The summed E-state index contributed by atoms with van der Waals surface area (Å²) in [4.78, 5) is -0.745. The van der Waals surface area contributed by atoms with Crippen LogP contribution in [0.3, 0.4) is 0 Å². The van der Waals surface area contributed by atoms with Gasteiger partial charge in [0.1, 0.15) is 15.5 Å². The van der Waals surface area contributed by atoms with E-state index in [4.69, 9.17) is 0 Å². The Kier molecular flexibility index (Phi) is 6.72. The van der Waals surface area contributed by atoms with Crippen molar-refractivity contribution in [3.63, 3.8) is 0 Å². The average Bonchev–Trinajstić information content (AvgIpc) is 2.71. The van der Waals surface area contributed by atoms with Gasteiger partial charge in [-0.05, 0) is 18.2 Å². The molecule has 0 atom stereocenters. The molecule has 4 rings (SSSR count). The van der Waals surface area contributed by atoms with E-state index in [2.05, 4.69) is 10.2 Å². The number of azo groups is 1. The number of aromatic hydroxyl groups is 1.